The minimum Gasteiger partial charge on any atom is -0.362 e. The molecule has 0 aliphatic heterocycles. The molecule has 2 nitrogen and oxygen atoms in total. The first-order chi connectivity index (χ1) is 5.69. The third-order valence-corrected chi connectivity index (χ3v) is 1.56. The normalized spacial score (nSPS) is 15.9. The molecule has 0 aromatic carbocycles. The van der Waals surface area contributed by atoms with Gasteiger partial charge in [0.05, 0.1) is 5.60 Å². The van der Waals surface area contributed by atoms with Crippen molar-refractivity contribution < 1.29 is 17.9 Å². The minimum absolute atomic E-state index is 0.382. The Morgan fingerprint density at radius 3 is 2.08 bits per heavy atom. The molecule has 0 rings (SSSR count). The Bertz CT molecular complexity index is 156. The highest BCUT2D eigenvalue weighted by Crippen LogP contribution is 2.26. The predicted octanol–water partition coefficient (Wildman–Crippen LogP) is 1.95. The van der Waals surface area contributed by atoms with E-state index in [0.717, 1.165) is 6.92 Å². The van der Waals surface area contributed by atoms with Crippen LogP contribution in [0, 0.1) is 0 Å². The Labute approximate surface area is 76.5 Å². The van der Waals surface area contributed by atoms with E-state index in [2.05, 4.69) is 5.32 Å². The van der Waals surface area contributed by atoms with Crippen molar-refractivity contribution in [3.05, 3.63) is 0 Å². The number of halogens is 3. The summed E-state index contributed by atoms with van der Waals surface area (Å²) < 4.78 is 41.1. The number of ether oxygens (including phenoxy) is 1. The summed E-state index contributed by atoms with van der Waals surface area (Å²) >= 11 is 0. The Morgan fingerprint density at radius 1 is 1.31 bits per heavy atom. The van der Waals surface area contributed by atoms with Crippen molar-refractivity contribution >= 4 is 0 Å². The second-order valence-electron chi connectivity index (χ2n) is 3.59. The van der Waals surface area contributed by atoms with E-state index >= 15 is 0 Å². The molecular weight excluding hydrogens is 183 g/mol. The lowest BCUT2D eigenvalue weighted by Gasteiger charge is -2.29. The van der Waals surface area contributed by atoms with Crippen molar-refractivity contribution in [3.63, 3.8) is 0 Å². The third kappa shape index (κ3) is 5.10. The lowest BCUT2D eigenvalue weighted by atomic mass is 10.1. The molecular formula is C8H16F3NO. The van der Waals surface area contributed by atoms with Crippen LogP contribution in [0.1, 0.15) is 20.8 Å². The van der Waals surface area contributed by atoms with Gasteiger partial charge in [-0.3, -0.25) is 0 Å². The third-order valence-electron chi connectivity index (χ3n) is 1.56. The zero-order chi connectivity index (χ0) is 10.7. The summed E-state index contributed by atoms with van der Waals surface area (Å²) in [5.41, 5.74) is -0.802. The molecule has 0 spiro atoms. The second kappa shape index (κ2) is 4.28. The van der Waals surface area contributed by atoms with Gasteiger partial charge in [0.1, 0.15) is 0 Å². The lowest BCUT2D eigenvalue weighted by molar-refractivity contribution is -0.240. The van der Waals surface area contributed by atoms with E-state index in [1.807, 2.05) is 0 Å². The fourth-order valence-corrected chi connectivity index (χ4v) is 1.01. The van der Waals surface area contributed by atoms with Crippen LogP contribution < -0.4 is 5.32 Å². The number of nitrogens with one attached hydrogen (secondary N) is 1. The van der Waals surface area contributed by atoms with Gasteiger partial charge in [0.2, 0.25) is 0 Å². The molecule has 0 saturated carbocycles. The van der Waals surface area contributed by atoms with Crippen molar-refractivity contribution in [2.75, 3.05) is 13.6 Å². The quantitative estimate of drug-likeness (QED) is 0.747. The van der Waals surface area contributed by atoms with Crippen molar-refractivity contribution in [1.29, 1.82) is 0 Å². The fourth-order valence-electron chi connectivity index (χ4n) is 1.01. The minimum atomic E-state index is -4.29. The summed E-state index contributed by atoms with van der Waals surface area (Å²) in [6.07, 6.45) is -6.01. The van der Waals surface area contributed by atoms with Crippen molar-refractivity contribution in [1.82, 2.24) is 5.32 Å². The first kappa shape index (κ1) is 12.7. The van der Waals surface area contributed by atoms with E-state index in [0.29, 0.717) is 6.54 Å². The highest BCUT2D eigenvalue weighted by Gasteiger charge is 2.40. The maximum Gasteiger partial charge on any atom is 0.414 e. The summed E-state index contributed by atoms with van der Waals surface area (Å²) in [6.45, 7) is 4.63. The predicted molar refractivity (Wildman–Crippen MR) is 44.6 cm³/mol. The molecule has 5 heteroatoms. The molecule has 0 aromatic rings. The summed E-state index contributed by atoms with van der Waals surface area (Å²) in [6, 6.07) is 0. The molecule has 0 aliphatic carbocycles. The molecule has 0 bridgehead atoms. The molecule has 0 aromatic heterocycles. The number of rotatable bonds is 4. The molecule has 80 valence electrons. The van der Waals surface area contributed by atoms with Gasteiger partial charge in [-0.25, -0.2) is 0 Å². The zero-order valence-corrected chi connectivity index (χ0v) is 8.33. The monoisotopic (exact) mass is 199 g/mol. The maximum absolute atomic E-state index is 12.1. The Balaban J connectivity index is 4.11. The number of hydrogen-bond donors (Lipinski definition) is 1. The molecule has 0 heterocycles. The standard InChI is InChI=1S/C8H16F3NO/c1-6(8(9,10)11)13-7(2,3)5-12-4/h6,12H,5H2,1-4H3. The SMILES string of the molecule is CNCC(C)(C)OC(C)C(F)(F)F. The zero-order valence-electron chi connectivity index (χ0n) is 8.33. The first-order valence-corrected chi connectivity index (χ1v) is 4.08. The van der Waals surface area contributed by atoms with Crippen LogP contribution in [-0.4, -0.2) is 31.5 Å². The van der Waals surface area contributed by atoms with E-state index in [-0.39, 0.29) is 0 Å². The van der Waals surface area contributed by atoms with Crippen LogP contribution in [0.2, 0.25) is 0 Å². The fraction of sp³-hybridized carbons (Fsp3) is 1.00. The van der Waals surface area contributed by atoms with Gasteiger partial charge >= 0.3 is 6.18 Å². The maximum atomic E-state index is 12.1. The van der Waals surface area contributed by atoms with Crippen molar-refractivity contribution in [3.8, 4) is 0 Å². The highest BCUT2D eigenvalue weighted by molar-refractivity contribution is 4.74. The van der Waals surface area contributed by atoms with E-state index in [1.54, 1.807) is 20.9 Å². The summed E-state index contributed by atoms with van der Waals surface area (Å²) in [7, 11) is 1.67. The molecule has 0 aliphatic rings. The topological polar surface area (TPSA) is 21.3 Å². The van der Waals surface area contributed by atoms with Gasteiger partial charge in [0.25, 0.3) is 0 Å². The summed E-state index contributed by atoms with van der Waals surface area (Å²) in [5, 5.41) is 2.77. The van der Waals surface area contributed by atoms with E-state index in [9.17, 15) is 13.2 Å². The van der Waals surface area contributed by atoms with Gasteiger partial charge in [0.15, 0.2) is 6.10 Å². The van der Waals surface area contributed by atoms with Crippen molar-refractivity contribution in [2.24, 2.45) is 0 Å². The molecule has 1 N–H and O–H groups in total. The van der Waals surface area contributed by atoms with E-state index < -0.39 is 17.9 Å². The van der Waals surface area contributed by atoms with Crippen LogP contribution in [0.4, 0.5) is 13.2 Å². The van der Waals surface area contributed by atoms with Gasteiger partial charge in [0, 0.05) is 6.54 Å². The van der Waals surface area contributed by atoms with Crippen LogP contribution in [0.3, 0.4) is 0 Å². The van der Waals surface area contributed by atoms with Gasteiger partial charge in [-0.1, -0.05) is 0 Å². The van der Waals surface area contributed by atoms with Crippen LogP contribution in [0.15, 0.2) is 0 Å². The Kier molecular flexibility index (Phi) is 4.19. The van der Waals surface area contributed by atoms with Gasteiger partial charge in [-0.15, -0.1) is 0 Å². The largest absolute Gasteiger partial charge is 0.414 e. The summed E-state index contributed by atoms with van der Waals surface area (Å²) in [4.78, 5) is 0. The Morgan fingerprint density at radius 2 is 1.77 bits per heavy atom. The van der Waals surface area contributed by atoms with E-state index in [4.69, 9.17) is 4.74 Å². The van der Waals surface area contributed by atoms with Crippen molar-refractivity contribution in [2.45, 2.75) is 38.7 Å². The average Bonchev–Trinajstić information content (AvgIpc) is 1.83. The molecule has 1 atom stereocenters. The molecule has 1 unspecified atom stereocenters. The van der Waals surface area contributed by atoms with Crippen LogP contribution in [0.5, 0.6) is 0 Å². The van der Waals surface area contributed by atoms with Gasteiger partial charge < -0.3 is 10.1 Å². The number of alkyl halides is 3. The van der Waals surface area contributed by atoms with Crippen LogP contribution >= 0.6 is 0 Å². The van der Waals surface area contributed by atoms with E-state index in [1.165, 1.54) is 0 Å². The average molecular weight is 199 g/mol. The van der Waals surface area contributed by atoms with Gasteiger partial charge in [-0.2, -0.15) is 13.2 Å². The first-order valence-electron chi connectivity index (χ1n) is 4.08. The van der Waals surface area contributed by atoms with Gasteiger partial charge in [-0.05, 0) is 27.8 Å². The second-order valence-corrected chi connectivity index (χ2v) is 3.59. The molecule has 0 amide bonds. The number of likely N-dealkylation sites (N-methyl/N-ethyl adjacent to an activating group) is 1. The smallest absolute Gasteiger partial charge is 0.362 e. The lowest BCUT2D eigenvalue weighted by Crippen LogP contribution is -2.43. The molecule has 0 fully saturated rings. The molecule has 0 radical (unpaired) electrons. The molecule has 0 saturated heterocycles. The Hall–Kier alpha value is -0.290. The molecule has 13 heavy (non-hydrogen) atoms. The summed E-state index contributed by atoms with van der Waals surface area (Å²) in [5.74, 6) is 0. The number of hydrogen-bond acceptors (Lipinski definition) is 2. The van der Waals surface area contributed by atoms with Crippen LogP contribution in [0.25, 0.3) is 0 Å². The highest BCUT2D eigenvalue weighted by atomic mass is 19.4. The van der Waals surface area contributed by atoms with Crippen LogP contribution in [-0.2, 0) is 4.74 Å².